The van der Waals surface area contributed by atoms with Gasteiger partial charge < -0.3 is 20.7 Å². The molecule has 31 heavy (non-hydrogen) atoms. The summed E-state index contributed by atoms with van der Waals surface area (Å²) in [5, 5.41) is 8.95. The fourth-order valence-electron chi connectivity index (χ4n) is 3.68. The summed E-state index contributed by atoms with van der Waals surface area (Å²) < 4.78 is 4.92. The van der Waals surface area contributed by atoms with E-state index in [4.69, 9.17) is 4.74 Å². The second-order valence-corrected chi connectivity index (χ2v) is 9.16. The first-order chi connectivity index (χ1) is 14.9. The van der Waals surface area contributed by atoms with Crippen LogP contribution in [0.15, 0.2) is 52.3 Å². The Hall–Kier alpha value is -3.00. The zero-order chi connectivity index (χ0) is 22.0. The third-order valence-corrected chi connectivity index (χ3v) is 6.35. The number of ether oxygens (including phenoxy) is 1. The molecule has 162 valence electrons. The van der Waals surface area contributed by atoms with Gasteiger partial charge in [-0.3, -0.25) is 9.59 Å². The topological polar surface area (TPSA) is 96.5 Å². The fraction of sp³-hybridized carbons (Fsp3) is 0.348. The largest absolute Gasteiger partial charge is 0.464 e. The molecule has 0 aliphatic carbocycles. The molecule has 2 aliphatic heterocycles. The molecule has 1 fully saturated rings. The van der Waals surface area contributed by atoms with E-state index in [0.717, 1.165) is 21.2 Å². The molecular formula is C23H25N3O4S. The van der Waals surface area contributed by atoms with Crippen LogP contribution < -0.4 is 16.0 Å². The second kappa shape index (κ2) is 9.01. The van der Waals surface area contributed by atoms with Gasteiger partial charge in [0.15, 0.2) is 0 Å². The first-order valence-electron chi connectivity index (χ1n) is 10.4. The molecule has 7 nitrogen and oxygen atoms in total. The maximum absolute atomic E-state index is 13.2. The fourth-order valence-corrected chi connectivity index (χ4v) is 4.71. The van der Waals surface area contributed by atoms with Gasteiger partial charge in [0.2, 0.25) is 5.91 Å². The van der Waals surface area contributed by atoms with Gasteiger partial charge in [-0.25, -0.2) is 4.79 Å². The normalized spacial score (nSPS) is 17.8. The van der Waals surface area contributed by atoms with Gasteiger partial charge in [0, 0.05) is 16.2 Å². The van der Waals surface area contributed by atoms with Crippen molar-refractivity contribution >= 4 is 40.9 Å². The standard InChI is InChI=1S/C23H25N3O4S/c1-13(2)12-17(22(28)25-16-10-11-30-23(16)29)26-21(27)14-6-5-9-19-20(14)24-15-7-3-4-8-18(15)31-19/h3-9,13,16-17,24H,10-12H2,1-2H3,(H,25,28)(H,26,27)/t16-,17-/m0/s1. The molecule has 0 radical (unpaired) electrons. The van der Waals surface area contributed by atoms with Crippen LogP contribution in [-0.4, -0.2) is 36.5 Å². The lowest BCUT2D eigenvalue weighted by Crippen LogP contribution is -2.51. The third kappa shape index (κ3) is 4.69. The van der Waals surface area contributed by atoms with Gasteiger partial charge in [-0.2, -0.15) is 0 Å². The number of fused-ring (bicyclic) bond motifs is 2. The molecule has 2 amide bonds. The number of carbonyl (C=O) groups is 3. The number of carbonyl (C=O) groups excluding carboxylic acids is 3. The SMILES string of the molecule is CC(C)C[C@H](NC(=O)c1cccc2c1Nc1ccccc1S2)C(=O)N[C@H]1CCOC1=O. The molecule has 2 atom stereocenters. The van der Waals surface area contributed by atoms with E-state index in [9.17, 15) is 14.4 Å². The van der Waals surface area contributed by atoms with E-state index in [1.54, 1.807) is 17.8 Å². The summed E-state index contributed by atoms with van der Waals surface area (Å²) in [6.07, 6.45) is 0.902. The average Bonchev–Trinajstić information content (AvgIpc) is 3.15. The Bertz CT molecular complexity index is 1020. The van der Waals surface area contributed by atoms with E-state index < -0.39 is 18.1 Å². The summed E-state index contributed by atoms with van der Waals surface area (Å²) in [4.78, 5) is 39.8. The summed E-state index contributed by atoms with van der Waals surface area (Å²) in [6.45, 7) is 4.26. The van der Waals surface area contributed by atoms with Crippen molar-refractivity contribution in [1.82, 2.24) is 10.6 Å². The van der Waals surface area contributed by atoms with Gasteiger partial charge in [0.1, 0.15) is 12.1 Å². The lowest BCUT2D eigenvalue weighted by atomic mass is 10.0. The van der Waals surface area contributed by atoms with Gasteiger partial charge in [0.05, 0.1) is 23.5 Å². The number of anilines is 2. The minimum absolute atomic E-state index is 0.178. The molecule has 2 aliphatic rings. The number of cyclic esters (lactones) is 1. The van der Waals surface area contributed by atoms with Gasteiger partial charge >= 0.3 is 5.97 Å². The van der Waals surface area contributed by atoms with Crippen LogP contribution in [0.4, 0.5) is 11.4 Å². The maximum atomic E-state index is 13.2. The van der Waals surface area contributed by atoms with Crippen LogP contribution >= 0.6 is 11.8 Å². The molecule has 0 bridgehead atoms. The van der Waals surface area contributed by atoms with E-state index in [0.29, 0.717) is 25.0 Å². The van der Waals surface area contributed by atoms with Crippen molar-refractivity contribution in [3.05, 3.63) is 48.0 Å². The van der Waals surface area contributed by atoms with Crippen LogP contribution in [0.1, 0.15) is 37.0 Å². The maximum Gasteiger partial charge on any atom is 0.328 e. The van der Waals surface area contributed by atoms with Gasteiger partial charge in [0.25, 0.3) is 5.91 Å². The summed E-state index contributed by atoms with van der Waals surface area (Å²) in [5.41, 5.74) is 2.14. The zero-order valence-corrected chi connectivity index (χ0v) is 18.3. The number of esters is 1. The predicted molar refractivity (Wildman–Crippen MR) is 119 cm³/mol. The van der Waals surface area contributed by atoms with Crippen LogP contribution in [0.3, 0.4) is 0 Å². The van der Waals surface area contributed by atoms with Crippen molar-refractivity contribution in [1.29, 1.82) is 0 Å². The van der Waals surface area contributed by atoms with Gasteiger partial charge in [-0.15, -0.1) is 0 Å². The van der Waals surface area contributed by atoms with Crippen molar-refractivity contribution in [2.24, 2.45) is 5.92 Å². The van der Waals surface area contributed by atoms with Crippen molar-refractivity contribution in [3.8, 4) is 0 Å². The van der Waals surface area contributed by atoms with Gasteiger partial charge in [-0.05, 0) is 36.6 Å². The third-order valence-electron chi connectivity index (χ3n) is 5.22. The smallest absolute Gasteiger partial charge is 0.328 e. The molecule has 0 saturated carbocycles. The summed E-state index contributed by atoms with van der Waals surface area (Å²) in [5.74, 6) is -0.959. The Balaban J connectivity index is 1.53. The molecule has 0 aromatic heterocycles. The number of benzene rings is 2. The minimum Gasteiger partial charge on any atom is -0.464 e. The lowest BCUT2D eigenvalue weighted by Gasteiger charge is -2.25. The highest BCUT2D eigenvalue weighted by Crippen LogP contribution is 2.45. The number of amides is 2. The van der Waals surface area contributed by atoms with Crippen LogP contribution in [0, 0.1) is 5.92 Å². The predicted octanol–water partition coefficient (Wildman–Crippen LogP) is 3.47. The molecular weight excluding hydrogens is 414 g/mol. The van der Waals surface area contributed by atoms with E-state index in [-0.39, 0.29) is 17.7 Å². The Morgan fingerprint density at radius 3 is 2.68 bits per heavy atom. The van der Waals surface area contributed by atoms with Crippen LogP contribution in [0.2, 0.25) is 0 Å². The Labute approximate surface area is 185 Å². The minimum atomic E-state index is -0.750. The van der Waals surface area contributed by atoms with Crippen molar-refractivity contribution < 1.29 is 19.1 Å². The Morgan fingerprint density at radius 1 is 1.16 bits per heavy atom. The summed E-state index contributed by atoms with van der Waals surface area (Å²) in [6, 6.07) is 12.1. The molecule has 0 unspecified atom stereocenters. The van der Waals surface area contributed by atoms with Crippen molar-refractivity contribution in [2.45, 2.75) is 48.6 Å². The number of hydrogen-bond acceptors (Lipinski definition) is 6. The Morgan fingerprint density at radius 2 is 1.94 bits per heavy atom. The van der Waals surface area contributed by atoms with Crippen LogP contribution in [0.5, 0.6) is 0 Å². The summed E-state index contributed by atoms with van der Waals surface area (Å²) in [7, 11) is 0. The first kappa shape index (κ1) is 21.2. The molecule has 4 rings (SSSR count). The number of rotatable bonds is 6. The van der Waals surface area contributed by atoms with E-state index in [2.05, 4.69) is 16.0 Å². The molecule has 1 saturated heterocycles. The zero-order valence-electron chi connectivity index (χ0n) is 17.4. The van der Waals surface area contributed by atoms with Crippen molar-refractivity contribution in [3.63, 3.8) is 0 Å². The second-order valence-electron chi connectivity index (χ2n) is 8.07. The number of hydrogen-bond donors (Lipinski definition) is 3. The Kier molecular flexibility index (Phi) is 6.18. The van der Waals surface area contributed by atoms with E-state index in [1.165, 1.54) is 0 Å². The molecule has 2 heterocycles. The molecule has 8 heteroatoms. The molecule has 3 N–H and O–H groups in total. The highest BCUT2D eigenvalue weighted by molar-refractivity contribution is 7.99. The van der Waals surface area contributed by atoms with Crippen LogP contribution in [0.25, 0.3) is 0 Å². The van der Waals surface area contributed by atoms with Crippen molar-refractivity contribution in [2.75, 3.05) is 11.9 Å². The first-order valence-corrected chi connectivity index (χ1v) is 11.2. The highest BCUT2D eigenvalue weighted by atomic mass is 32.2. The van der Waals surface area contributed by atoms with Crippen LogP contribution in [-0.2, 0) is 14.3 Å². The number of nitrogens with one attached hydrogen (secondary N) is 3. The quantitative estimate of drug-likeness (QED) is 0.509. The monoisotopic (exact) mass is 439 g/mol. The molecule has 2 aromatic rings. The average molecular weight is 440 g/mol. The van der Waals surface area contributed by atoms with Gasteiger partial charge in [-0.1, -0.05) is 43.8 Å². The summed E-state index contributed by atoms with van der Waals surface area (Å²) >= 11 is 1.60. The lowest BCUT2D eigenvalue weighted by molar-refractivity contribution is -0.141. The van der Waals surface area contributed by atoms with E-state index >= 15 is 0 Å². The highest BCUT2D eigenvalue weighted by Gasteiger charge is 2.32. The molecule has 2 aromatic carbocycles. The number of para-hydroxylation sites is 2. The van der Waals surface area contributed by atoms with E-state index in [1.807, 2.05) is 50.2 Å². The molecule has 0 spiro atoms.